The molecule has 0 fully saturated rings. The van der Waals surface area contributed by atoms with Gasteiger partial charge in [-0.3, -0.25) is 0 Å². The summed E-state index contributed by atoms with van der Waals surface area (Å²) in [5, 5.41) is 0.763. The van der Waals surface area contributed by atoms with Gasteiger partial charge in [0.2, 0.25) is 0 Å². The Morgan fingerprint density at radius 1 is 0.406 bits per heavy atom. The Labute approximate surface area is 192 Å². The Morgan fingerprint density at radius 2 is 0.906 bits per heavy atom. The average molecular weight is 427 g/mol. The smallest absolute Gasteiger partial charge is 0.0725 e. The van der Waals surface area contributed by atoms with E-state index in [9.17, 15) is 0 Å². The van der Waals surface area contributed by atoms with Gasteiger partial charge in [0, 0.05) is 5.02 Å². The lowest BCUT2D eigenvalue weighted by Gasteiger charge is -2.30. The van der Waals surface area contributed by atoms with E-state index < -0.39 is 0 Å². The summed E-state index contributed by atoms with van der Waals surface area (Å²) in [7, 11) is 0. The van der Waals surface area contributed by atoms with Gasteiger partial charge >= 0.3 is 0 Å². The molecule has 0 nitrogen and oxygen atoms in total. The van der Waals surface area contributed by atoms with E-state index in [1.54, 1.807) is 0 Å². The SMILES string of the molecule is Clc1cccc(-c2ccc3c(c2)-c2ccccc2C32c3ccccc3-c3ccccc32)c1. The second-order valence-corrected chi connectivity index (χ2v) is 9.09. The molecule has 2 aliphatic rings. The van der Waals surface area contributed by atoms with Crippen LogP contribution >= 0.6 is 11.6 Å². The molecular weight excluding hydrogens is 408 g/mol. The van der Waals surface area contributed by atoms with E-state index in [4.69, 9.17) is 11.6 Å². The van der Waals surface area contributed by atoms with Gasteiger partial charge in [-0.25, -0.2) is 0 Å². The summed E-state index contributed by atoms with van der Waals surface area (Å²) in [6.45, 7) is 0. The van der Waals surface area contributed by atoms with Crippen molar-refractivity contribution in [2.75, 3.05) is 0 Å². The average Bonchev–Trinajstić information content (AvgIpc) is 3.31. The van der Waals surface area contributed by atoms with Crippen LogP contribution in [0.2, 0.25) is 5.02 Å². The second kappa shape index (κ2) is 6.45. The molecule has 0 amide bonds. The molecular formula is C31H19Cl. The van der Waals surface area contributed by atoms with E-state index in [-0.39, 0.29) is 5.41 Å². The lowest BCUT2D eigenvalue weighted by molar-refractivity contribution is 0.794. The monoisotopic (exact) mass is 426 g/mol. The summed E-state index contributed by atoms with van der Waals surface area (Å²) in [5.41, 5.74) is 12.9. The van der Waals surface area contributed by atoms with Crippen LogP contribution in [0.25, 0.3) is 33.4 Å². The molecule has 0 aliphatic heterocycles. The summed E-state index contributed by atoms with van der Waals surface area (Å²) >= 11 is 6.30. The summed E-state index contributed by atoms with van der Waals surface area (Å²) < 4.78 is 0. The van der Waals surface area contributed by atoms with E-state index >= 15 is 0 Å². The lowest BCUT2D eigenvalue weighted by atomic mass is 9.70. The molecule has 0 atom stereocenters. The molecule has 7 rings (SSSR count). The first-order valence-electron chi connectivity index (χ1n) is 11.0. The second-order valence-electron chi connectivity index (χ2n) is 8.66. The first kappa shape index (κ1) is 18.0. The Morgan fingerprint density at radius 3 is 1.50 bits per heavy atom. The van der Waals surface area contributed by atoms with Gasteiger partial charge in [-0.05, 0) is 73.8 Å². The van der Waals surface area contributed by atoms with Crippen molar-refractivity contribution in [2.24, 2.45) is 0 Å². The van der Waals surface area contributed by atoms with E-state index in [1.165, 1.54) is 50.1 Å². The lowest BCUT2D eigenvalue weighted by Crippen LogP contribution is -2.25. The third-order valence-electron chi connectivity index (χ3n) is 7.16. The number of benzene rings is 5. The molecule has 5 aromatic carbocycles. The number of fused-ring (bicyclic) bond motifs is 10. The maximum Gasteiger partial charge on any atom is 0.0725 e. The van der Waals surface area contributed by atoms with Crippen molar-refractivity contribution in [3.63, 3.8) is 0 Å². The van der Waals surface area contributed by atoms with Crippen molar-refractivity contribution in [3.05, 3.63) is 143 Å². The number of hydrogen-bond donors (Lipinski definition) is 0. The number of hydrogen-bond acceptors (Lipinski definition) is 0. The normalized spacial score (nSPS) is 14.0. The first-order valence-corrected chi connectivity index (χ1v) is 11.4. The largest absolute Gasteiger partial charge is 0.0843 e. The van der Waals surface area contributed by atoms with Crippen molar-refractivity contribution < 1.29 is 0 Å². The summed E-state index contributed by atoms with van der Waals surface area (Å²) in [6, 6.07) is 41.8. The molecule has 150 valence electrons. The van der Waals surface area contributed by atoms with Crippen LogP contribution in [0.15, 0.2) is 115 Å². The van der Waals surface area contributed by atoms with Crippen molar-refractivity contribution in [2.45, 2.75) is 5.41 Å². The fourth-order valence-electron chi connectivity index (χ4n) is 5.95. The molecule has 0 N–H and O–H groups in total. The van der Waals surface area contributed by atoms with Crippen LogP contribution < -0.4 is 0 Å². The summed E-state index contributed by atoms with van der Waals surface area (Å²) in [5.74, 6) is 0. The van der Waals surface area contributed by atoms with E-state index in [1.807, 2.05) is 18.2 Å². The molecule has 0 aromatic heterocycles. The zero-order chi connectivity index (χ0) is 21.3. The topological polar surface area (TPSA) is 0 Å². The third-order valence-corrected chi connectivity index (χ3v) is 7.39. The van der Waals surface area contributed by atoms with Gasteiger partial charge in [0.25, 0.3) is 0 Å². The van der Waals surface area contributed by atoms with Gasteiger partial charge in [-0.15, -0.1) is 0 Å². The maximum absolute atomic E-state index is 6.30. The number of halogens is 1. The Hall–Kier alpha value is -3.61. The number of rotatable bonds is 1. The van der Waals surface area contributed by atoms with Crippen LogP contribution in [0, 0.1) is 0 Å². The molecule has 5 aromatic rings. The van der Waals surface area contributed by atoms with Crippen molar-refractivity contribution >= 4 is 11.6 Å². The molecule has 0 radical (unpaired) electrons. The minimum atomic E-state index is -0.272. The van der Waals surface area contributed by atoms with Gasteiger partial charge in [-0.2, -0.15) is 0 Å². The molecule has 0 bridgehead atoms. The highest BCUT2D eigenvalue weighted by Gasteiger charge is 2.51. The quantitative estimate of drug-likeness (QED) is 0.247. The highest BCUT2D eigenvalue weighted by Crippen LogP contribution is 2.62. The van der Waals surface area contributed by atoms with Gasteiger partial charge in [-0.1, -0.05) is 109 Å². The summed E-state index contributed by atoms with van der Waals surface area (Å²) in [6.07, 6.45) is 0. The standard InChI is InChI=1S/C31H19Cl/c32-22-9-7-8-20(18-22)21-16-17-30-26(19-21)25-12-3-6-15-29(25)31(30)27-13-4-1-10-23(27)24-11-2-5-14-28(24)31/h1-19H. The maximum atomic E-state index is 6.30. The van der Waals surface area contributed by atoms with Gasteiger partial charge < -0.3 is 0 Å². The van der Waals surface area contributed by atoms with Gasteiger partial charge in [0.1, 0.15) is 0 Å². The van der Waals surface area contributed by atoms with Crippen LogP contribution in [0.3, 0.4) is 0 Å². The van der Waals surface area contributed by atoms with Crippen LogP contribution in [0.4, 0.5) is 0 Å². The Balaban J connectivity index is 1.59. The molecule has 1 heteroatoms. The minimum absolute atomic E-state index is 0.272. The molecule has 1 spiro atoms. The van der Waals surface area contributed by atoms with Crippen LogP contribution in [0.1, 0.15) is 22.3 Å². The molecule has 0 unspecified atom stereocenters. The Kier molecular flexibility index (Phi) is 3.63. The molecule has 2 aliphatic carbocycles. The first-order chi connectivity index (χ1) is 15.8. The third kappa shape index (κ3) is 2.18. The van der Waals surface area contributed by atoms with E-state index in [2.05, 4.69) is 97.1 Å². The van der Waals surface area contributed by atoms with E-state index in [0.717, 1.165) is 10.6 Å². The zero-order valence-electron chi connectivity index (χ0n) is 17.3. The van der Waals surface area contributed by atoms with E-state index in [0.29, 0.717) is 0 Å². The molecule has 0 heterocycles. The molecule has 32 heavy (non-hydrogen) atoms. The Bertz CT molecular complexity index is 1500. The zero-order valence-corrected chi connectivity index (χ0v) is 18.1. The fraction of sp³-hybridized carbons (Fsp3) is 0.0323. The van der Waals surface area contributed by atoms with Gasteiger partial charge in [0.05, 0.1) is 5.41 Å². The minimum Gasteiger partial charge on any atom is -0.0843 e. The highest BCUT2D eigenvalue weighted by molar-refractivity contribution is 6.30. The summed E-state index contributed by atoms with van der Waals surface area (Å²) in [4.78, 5) is 0. The fourth-order valence-corrected chi connectivity index (χ4v) is 6.14. The van der Waals surface area contributed by atoms with Crippen LogP contribution in [-0.2, 0) is 5.41 Å². The van der Waals surface area contributed by atoms with Crippen LogP contribution in [-0.4, -0.2) is 0 Å². The highest BCUT2D eigenvalue weighted by atomic mass is 35.5. The van der Waals surface area contributed by atoms with Crippen LogP contribution in [0.5, 0.6) is 0 Å². The molecule has 0 saturated heterocycles. The molecule has 0 saturated carbocycles. The predicted octanol–water partition coefficient (Wildman–Crippen LogP) is 8.35. The predicted molar refractivity (Wildman–Crippen MR) is 133 cm³/mol. The van der Waals surface area contributed by atoms with Crippen molar-refractivity contribution in [3.8, 4) is 33.4 Å². The van der Waals surface area contributed by atoms with Crippen molar-refractivity contribution in [1.29, 1.82) is 0 Å². The van der Waals surface area contributed by atoms with Gasteiger partial charge in [0.15, 0.2) is 0 Å². The van der Waals surface area contributed by atoms with Crippen molar-refractivity contribution in [1.82, 2.24) is 0 Å².